The van der Waals surface area contributed by atoms with E-state index >= 15 is 0 Å². The second-order valence-electron chi connectivity index (χ2n) is 4.06. The van der Waals surface area contributed by atoms with Crippen LogP contribution in [-0.4, -0.2) is 12.0 Å². The van der Waals surface area contributed by atoms with Crippen molar-refractivity contribution < 1.29 is 14.8 Å². The summed E-state index contributed by atoms with van der Waals surface area (Å²) in [6.07, 6.45) is -3.30. The quantitative estimate of drug-likeness (QED) is 0.720. The van der Waals surface area contributed by atoms with Crippen molar-refractivity contribution in [3.05, 3.63) is 30.3 Å². The Morgan fingerprint density at radius 1 is 1.35 bits per heavy atom. The van der Waals surface area contributed by atoms with Gasteiger partial charge in [0.05, 0.1) is 12.0 Å². The molecule has 6 heteroatoms. The average molecular weight is 271 g/mol. The number of aliphatic carboxylic acids is 1. The fourth-order valence-corrected chi connectivity index (χ4v) is 3.55. The predicted molar refractivity (Wildman–Crippen MR) is 67.1 cm³/mol. The highest BCUT2D eigenvalue weighted by molar-refractivity contribution is 8.13. The molecule has 1 aromatic rings. The van der Waals surface area contributed by atoms with Gasteiger partial charge in [-0.25, -0.2) is 0 Å². The van der Waals surface area contributed by atoms with Crippen molar-refractivity contribution in [2.24, 2.45) is 5.92 Å². The van der Waals surface area contributed by atoms with Gasteiger partial charge in [0.2, 0.25) is 0 Å². The van der Waals surface area contributed by atoms with Crippen molar-refractivity contribution in [1.82, 2.24) is 5.09 Å². The number of carboxylic acid groups (broad SMARTS) is 1. The number of carbonyl (C=O) groups is 1. The van der Waals surface area contributed by atoms with Gasteiger partial charge in [-0.05, 0) is 17.6 Å². The Morgan fingerprint density at radius 2 is 1.88 bits per heavy atom. The molecule has 0 saturated carbocycles. The predicted octanol–water partition coefficient (Wildman–Crippen LogP) is -0.654. The normalized spacial score (nSPS) is 16.5. The Morgan fingerprint density at radius 3 is 2.29 bits per heavy atom. The van der Waals surface area contributed by atoms with Crippen molar-refractivity contribution in [1.29, 1.82) is 0 Å². The topological polar surface area (TPSA) is 75.2 Å². The van der Waals surface area contributed by atoms with E-state index in [1.807, 2.05) is 0 Å². The van der Waals surface area contributed by atoms with Crippen molar-refractivity contribution in [3.63, 3.8) is 0 Å². The fraction of sp³-hybridized carbons (Fsp3) is 0.364. The van der Waals surface area contributed by atoms with E-state index in [0.29, 0.717) is 5.30 Å². The van der Waals surface area contributed by atoms with Crippen LogP contribution in [0.1, 0.15) is 13.8 Å². The van der Waals surface area contributed by atoms with Gasteiger partial charge in [0.25, 0.3) is 0 Å². The van der Waals surface area contributed by atoms with Crippen LogP contribution in [0.3, 0.4) is 0 Å². The Kier molecular flexibility index (Phi) is 4.83. The summed E-state index contributed by atoms with van der Waals surface area (Å²) in [5.41, 5.74) is 0. The second-order valence-corrected chi connectivity index (χ2v) is 7.48. The number of carboxylic acids is 1. The standard InChI is InChI=1S/C11H16NO3PS/c1-8(2)10(11(13)14)12-16(15,17)9-6-4-3-5-7-9/h3-8,10H,1-2H3,(H,13,14)(H2,12,15,17)/p-2. The van der Waals surface area contributed by atoms with Gasteiger partial charge in [0.1, 0.15) is 0 Å². The smallest absolute Gasteiger partial charge is 0.0589 e. The molecule has 0 spiro atoms. The molecule has 1 rings (SSSR count). The Labute approximate surface area is 106 Å². The van der Waals surface area contributed by atoms with Crippen LogP contribution in [0.15, 0.2) is 30.3 Å². The number of nitrogens with one attached hydrogen (secondary N) is 1. The lowest BCUT2D eigenvalue weighted by molar-refractivity contribution is -0.309. The van der Waals surface area contributed by atoms with Gasteiger partial charge in [0.15, 0.2) is 0 Å². The van der Waals surface area contributed by atoms with Crippen molar-refractivity contribution >= 4 is 29.5 Å². The van der Waals surface area contributed by atoms with Gasteiger partial charge in [-0.1, -0.05) is 56.0 Å². The maximum atomic E-state index is 12.2. The minimum atomic E-state index is -3.30. The summed E-state index contributed by atoms with van der Waals surface area (Å²) in [5.74, 6) is -1.54. The number of hydrogen-bond donors (Lipinski definition) is 1. The molecule has 0 radical (unpaired) electrons. The molecule has 0 aromatic heterocycles. The van der Waals surface area contributed by atoms with E-state index in [0.717, 1.165) is 0 Å². The van der Waals surface area contributed by atoms with E-state index in [1.165, 1.54) is 0 Å². The molecule has 94 valence electrons. The highest BCUT2D eigenvalue weighted by Gasteiger charge is 2.18. The first kappa shape index (κ1) is 14.3. The van der Waals surface area contributed by atoms with Gasteiger partial charge in [-0.3, -0.25) is 5.09 Å². The van der Waals surface area contributed by atoms with E-state index in [9.17, 15) is 14.8 Å². The molecule has 0 saturated heterocycles. The summed E-state index contributed by atoms with van der Waals surface area (Å²) in [5, 5.41) is 13.9. The van der Waals surface area contributed by atoms with Gasteiger partial charge in [-0.2, -0.15) is 0 Å². The van der Waals surface area contributed by atoms with E-state index in [1.54, 1.807) is 44.2 Å². The zero-order valence-electron chi connectivity index (χ0n) is 9.62. The highest BCUT2D eigenvalue weighted by atomic mass is 32.4. The molecule has 0 bridgehead atoms. The summed E-state index contributed by atoms with van der Waals surface area (Å²) in [6.45, 7) is 3.40. The molecule has 0 amide bonds. The van der Waals surface area contributed by atoms with Crippen LogP contribution in [0.4, 0.5) is 0 Å². The number of benzene rings is 1. The highest BCUT2D eigenvalue weighted by Crippen LogP contribution is 2.30. The summed E-state index contributed by atoms with van der Waals surface area (Å²) in [4.78, 5) is 23.2. The lowest BCUT2D eigenvalue weighted by atomic mass is 10.1. The van der Waals surface area contributed by atoms with Crippen LogP contribution >= 0.6 is 6.42 Å². The molecule has 0 heterocycles. The summed E-state index contributed by atoms with van der Waals surface area (Å²) in [6, 6.07) is 7.41. The zero-order valence-corrected chi connectivity index (χ0v) is 11.3. The molecule has 1 N–H and O–H groups in total. The van der Waals surface area contributed by atoms with Crippen LogP contribution in [0.2, 0.25) is 0 Å². The first-order valence-corrected chi connectivity index (χ1v) is 7.92. The number of hydrogen-bond acceptors (Lipinski definition) is 4. The van der Waals surface area contributed by atoms with Crippen LogP contribution in [0, 0.1) is 5.92 Å². The Hall–Kier alpha value is -0.740. The largest absolute Gasteiger partial charge is 0.807 e. The maximum absolute atomic E-state index is 12.2. The van der Waals surface area contributed by atoms with E-state index < -0.39 is 18.4 Å². The zero-order chi connectivity index (χ0) is 13.1. The van der Waals surface area contributed by atoms with E-state index in [-0.39, 0.29) is 5.92 Å². The lowest BCUT2D eigenvalue weighted by Gasteiger charge is -2.36. The summed E-state index contributed by atoms with van der Waals surface area (Å²) >= 11 is 4.98. The molecule has 0 fully saturated rings. The minimum absolute atomic E-state index is 0.250. The first-order valence-electron chi connectivity index (χ1n) is 5.20. The number of carbonyl (C=O) groups excluding carboxylic acids is 1. The summed E-state index contributed by atoms with van der Waals surface area (Å²) < 4.78 is 0. The Bertz CT molecular complexity index is 436. The van der Waals surface area contributed by atoms with E-state index in [4.69, 9.17) is 11.8 Å². The average Bonchev–Trinajstić information content (AvgIpc) is 2.26. The van der Waals surface area contributed by atoms with Gasteiger partial charge in [-0.15, -0.1) is 0 Å². The third-order valence-corrected chi connectivity index (χ3v) is 4.87. The molecular weight excluding hydrogens is 257 g/mol. The molecule has 2 atom stereocenters. The van der Waals surface area contributed by atoms with Crippen LogP contribution in [-0.2, 0) is 16.6 Å². The van der Waals surface area contributed by atoms with Crippen molar-refractivity contribution in [3.8, 4) is 0 Å². The molecule has 17 heavy (non-hydrogen) atoms. The maximum Gasteiger partial charge on any atom is 0.0589 e. The molecular formula is C11H14NO3PS-2. The molecule has 0 aliphatic heterocycles. The molecule has 0 aliphatic carbocycles. The summed E-state index contributed by atoms with van der Waals surface area (Å²) in [7, 11) is 0. The molecule has 2 unspecified atom stereocenters. The van der Waals surface area contributed by atoms with Gasteiger partial charge >= 0.3 is 0 Å². The fourth-order valence-electron chi connectivity index (χ4n) is 1.36. The van der Waals surface area contributed by atoms with E-state index in [2.05, 4.69) is 5.09 Å². The van der Waals surface area contributed by atoms with Crippen LogP contribution < -0.4 is 20.4 Å². The minimum Gasteiger partial charge on any atom is -0.807 e. The lowest BCUT2D eigenvalue weighted by Crippen LogP contribution is -2.49. The molecule has 0 aliphatic rings. The van der Waals surface area contributed by atoms with Crippen LogP contribution in [0.5, 0.6) is 0 Å². The third-order valence-electron chi connectivity index (χ3n) is 2.33. The monoisotopic (exact) mass is 271 g/mol. The number of rotatable bonds is 5. The second kappa shape index (κ2) is 5.74. The third kappa shape index (κ3) is 3.89. The van der Waals surface area contributed by atoms with Crippen molar-refractivity contribution in [2.45, 2.75) is 19.9 Å². The van der Waals surface area contributed by atoms with Crippen molar-refractivity contribution in [2.75, 3.05) is 0 Å². The van der Waals surface area contributed by atoms with Gasteiger partial charge < -0.3 is 14.8 Å². The SMILES string of the molecule is CC(C)C(NP([O-])(=S)c1ccccc1)C(=O)[O-]. The van der Waals surface area contributed by atoms with Crippen LogP contribution in [0.25, 0.3) is 0 Å². The van der Waals surface area contributed by atoms with Gasteiger partial charge in [0, 0.05) is 0 Å². The Balaban J connectivity index is 2.93. The molecule has 4 nitrogen and oxygen atoms in total. The molecule has 1 aromatic carbocycles. The first-order chi connectivity index (χ1) is 7.84.